The summed E-state index contributed by atoms with van der Waals surface area (Å²) in [4.78, 5) is 30.8. The summed E-state index contributed by atoms with van der Waals surface area (Å²) in [5, 5.41) is 2.03. The smallest absolute Gasteiger partial charge is 0.254 e. The topological polar surface area (TPSA) is 59.1 Å². The summed E-state index contributed by atoms with van der Waals surface area (Å²) in [7, 11) is 3.26. The number of hydrogen-bond acceptors (Lipinski definition) is 5. The minimum Gasteiger partial charge on any atom is -0.493 e. The molecule has 2 aliphatic rings. The van der Waals surface area contributed by atoms with Gasteiger partial charge in [-0.1, -0.05) is 12.1 Å². The number of hydrogen-bond donors (Lipinski definition) is 0. The van der Waals surface area contributed by atoms with Crippen molar-refractivity contribution in [1.29, 1.82) is 0 Å². The lowest BCUT2D eigenvalue weighted by Crippen LogP contribution is -2.40. The van der Waals surface area contributed by atoms with E-state index < -0.39 is 0 Å². The molecule has 0 bridgehead atoms. The molecular weight excluding hydrogens is 436 g/mol. The first-order chi connectivity index (χ1) is 16.1. The number of anilines is 1. The van der Waals surface area contributed by atoms with Gasteiger partial charge in [0.2, 0.25) is 5.91 Å². The Morgan fingerprint density at radius 3 is 2.52 bits per heavy atom. The molecule has 170 valence electrons. The molecule has 5 rings (SSSR count). The van der Waals surface area contributed by atoms with Crippen molar-refractivity contribution >= 4 is 28.8 Å². The first kappa shape index (κ1) is 21.5. The summed E-state index contributed by atoms with van der Waals surface area (Å²) in [6.45, 7) is 1.30. The Morgan fingerprint density at radius 1 is 1.00 bits per heavy atom. The van der Waals surface area contributed by atoms with Gasteiger partial charge in [-0.15, -0.1) is 11.3 Å². The minimum absolute atomic E-state index is 0.0395. The van der Waals surface area contributed by atoms with Crippen molar-refractivity contribution in [2.75, 3.05) is 32.2 Å². The van der Waals surface area contributed by atoms with Crippen molar-refractivity contribution < 1.29 is 19.1 Å². The van der Waals surface area contributed by atoms with Gasteiger partial charge in [0.1, 0.15) is 0 Å². The largest absolute Gasteiger partial charge is 0.493 e. The number of carbonyl (C=O) groups excluding carboxylic acids is 2. The van der Waals surface area contributed by atoms with E-state index in [1.807, 2.05) is 52.7 Å². The second-order valence-electron chi connectivity index (χ2n) is 8.27. The molecule has 1 atom stereocenters. The molecule has 3 aromatic rings. The molecule has 0 spiro atoms. The van der Waals surface area contributed by atoms with Crippen LogP contribution in [0.3, 0.4) is 0 Å². The highest BCUT2D eigenvalue weighted by molar-refractivity contribution is 7.10. The van der Waals surface area contributed by atoms with Crippen LogP contribution in [0.25, 0.3) is 0 Å². The van der Waals surface area contributed by atoms with Gasteiger partial charge in [-0.3, -0.25) is 9.59 Å². The van der Waals surface area contributed by atoms with E-state index >= 15 is 0 Å². The van der Waals surface area contributed by atoms with Gasteiger partial charge in [-0.2, -0.15) is 0 Å². The SMILES string of the molecule is COc1cc2c(cc1OC)C(c1cccs1)N(C(=O)c1cccc(N3CCCC3=O)c1)CC2. The zero-order valence-corrected chi connectivity index (χ0v) is 19.6. The number of carbonyl (C=O) groups is 2. The number of fused-ring (bicyclic) bond motifs is 1. The van der Waals surface area contributed by atoms with E-state index in [-0.39, 0.29) is 17.9 Å². The Labute approximate surface area is 197 Å². The summed E-state index contributed by atoms with van der Waals surface area (Å²) in [6.07, 6.45) is 2.14. The molecule has 2 aliphatic heterocycles. The van der Waals surface area contributed by atoms with Crippen LogP contribution in [0.1, 0.15) is 45.2 Å². The lowest BCUT2D eigenvalue weighted by atomic mass is 9.90. The van der Waals surface area contributed by atoms with Crippen LogP contribution in [0.2, 0.25) is 0 Å². The highest BCUT2D eigenvalue weighted by atomic mass is 32.1. The maximum Gasteiger partial charge on any atom is 0.254 e. The molecule has 2 amide bonds. The highest BCUT2D eigenvalue weighted by Gasteiger charge is 2.35. The third kappa shape index (κ3) is 3.86. The van der Waals surface area contributed by atoms with Crippen molar-refractivity contribution in [3.8, 4) is 11.5 Å². The molecule has 33 heavy (non-hydrogen) atoms. The standard InChI is InChI=1S/C26H26N2O4S/c1-31-21-15-17-10-12-28(25(23-8-5-13-33-23)20(17)16-22(21)32-2)26(30)18-6-3-7-19(14-18)27-11-4-9-24(27)29/h3,5-8,13-16,25H,4,9-12H2,1-2H3. The Hall–Kier alpha value is -3.32. The number of benzene rings is 2. The van der Waals surface area contributed by atoms with E-state index in [9.17, 15) is 9.59 Å². The van der Waals surface area contributed by atoms with Gasteiger partial charge < -0.3 is 19.3 Å². The number of methoxy groups -OCH3 is 2. The van der Waals surface area contributed by atoms with E-state index in [4.69, 9.17) is 9.47 Å². The Balaban J connectivity index is 1.54. The maximum absolute atomic E-state index is 13.8. The van der Waals surface area contributed by atoms with Crippen LogP contribution >= 0.6 is 11.3 Å². The first-order valence-electron chi connectivity index (χ1n) is 11.1. The normalized spacial score (nSPS) is 17.8. The molecule has 1 unspecified atom stereocenters. The summed E-state index contributed by atoms with van der Waals surface area (Å²) in [5.74, 6) is 1.43. The molecular formula is C26H26N2O4S. The number of thiophene rings is 1. The number of rotatable bonds is 5. The predicted octanol–water partition coefficient (Wildman–Crippen LogP) is 4.68. The molecule has 1 fully saturated rings. The van der Waals surface area contributed by atoms with Crippen LogP contribution in [0.15, 0.2) is 53.9 Å². The number of ether oxygens (including phenoxy) is 2. The van der Waals surface area contributed by atoms with Crippen molar-refractivity contribution in [3.05, 3.63) is 75.5 Å². The number of nitrogens with zero attached hydrogens (tertiary/aromatic N) is 2. The zero-order valence-electron chi connectivity index (χ0n) is 18.7. The van der Waals surface area contributed by atoms with Crippen LogP contribution in [-0.2, 0) is 11.2 Å². The fourth-order valence-corrected chi connectivity index (χ4v) is 5.67. The van der Waals surface area contributed by atoms with Gasteiger partial charge in [-0.25, -0.2) is 0 Å². The van der Waals surface area contributed by atoms with Crippen molar-refractivity contribution in [3.63, 3.8) is 0 Å². The molecule has 0 saturated carbocycles. The molecule has 3 heterocycles. The second-order valence-corrected chi connectivity index (χ2v) is 9.25. The lowest BCUT2D eigenvalue weighted by molar-refractivity contribution is -0.117. The van der Waals surface area contributed by atoms with E-state index in [0.717, 1.165) is 34.5 Å². The fraction of sp³-hybridized carbons (Fsp3) is 0.308. The Bertz CT molecular complexity index is 1190. The molecule has 0 aliphatic carbocycles. The molecule has 1 aromatic heterocycles. The predicted molar refractivity (Wildman–Crippen MR) is 128 cm³/mol. The highest BCUT2D eigenvalue weighted by Crippen LogP contribution is 2.42. The average Bonchev–Trinajstić information content (AvgIpc) is 3.54. The molecule has 7 heteroatoms. The third-order valence-electron chi connectivity index (χ3n) is 6.43. The van der Waals surface area contributed by atoms with Crippen LogP contribution in [0, 0.1) is 0 Å². The van der Waals surface area contributed by atoms with Crippen molar-refractivity contribution in [1.82, 2.24) is 4.90 Å². The summed E-state index contributed by atoms with van der Waals surface area (Å²) >= 11 is 1.64. The van der Waals surface area contributed by atoms with Gasteiger partial charge in [0.25, 0.3) is 5.91 Å². The van der Waals surface area contributed by atoms with Crippen LogP contribution in [0.4, 0.5) is 5.69 Å². The van der Waals surface area contributed by atoms with E-state index in [0.29, 0.717) is 36.6 Å². The van der Waals surface area contributed by atoms with Gasteiger partial charge in [-0.05, 0) is 65.7 Å². The fourth-order valence-electron chi connectivity index (χ4n) is 4.81. The third-order valence-corrected chi connectivity index (χ3v) is 7.35. The maximum atomic E-state index is 13.8. The molecule has 0 radical (unpaired) electrons. The van der Waals surface area contributed by atoms with E-state index in [2.05, 4.69) is 6.07 Å². The van der Waals surface area contributed by atoms with Crippen molar-refractivity contribution in [2.24, 2.45) is 0 Å². The summed E-state index contributed by atoms with van der Waals surface area (Å²) < 4.78 is 11.1. The molecule has 1 saturated heterocycles. The van der Waals surface area contributed by atoms with Crippen molar-refractivity contribution in [2.45, 2.75) is 25.3 Å². The van der Waals surface area contributed by atoms with E-state index in [1.165, 1.54) is 0 Å². The molecule has 2 aromatic carbocycles. The van der Waals surface area contributed by atoms with Gasteiger partial charge >= 0.3 is 0 Å². The van der Waals surface area contributed by atoms with Crippen LogP contribution < -0.4 is 14.4 Å². The summed E-state index contributed by atoms with van der Waals surface area (Å²) in [5.41, 5.74) is 3.60. The van der Waals surface area contributed by atoms with Gasteiger partial charge in [0, 0.05) is 35.6 Å². The van der Waals surface area contributed by atoms with Gasteiger partial charge in [0.05, 0.1) is 20.3 Å². The molecule has 6 nitrogen and oxygen atoms in total. The zero-order chi connectivity index (χ0) is 22.9. The lowest BCUT2D eigenvalue weighted by Gasteiger charge is -2.37. The van der Waals surface area contributed by atoms with Gasteiger partial charge in [0.15, 0.2) is 11.5 Å². The second kappa shape index (κ2) is 8.90. The summed E-state index contributed by atoms with van der Waals surface area (Å²) in [6, 6.07) is 15.3. The van der Waals surface area contributed by atoms with Crippen LogP contribution in [-0.4, -0.2) is 44.0 Å². The monoisotopic (exact) mass is 462 g/mol. The first-order valence-corrected chi connectivity index (χ1v) is 12.0. The average molecular weight is 463 g/mol. The van der Waals surface area contributed by atoms with E-state index in [1.54, 1.807) is 30.5 Å². The number of amides is 2. The Morgan fingerprint density at radius 2 is 1.82 bits per heavy atom. The molecule has 0 N–H and O–H groups in total. The Kier molecular flexibility index (Phi) is 5.81. The quantitative estimate of drug-likeness (QED) is 0.553. The minimum atomic E-state index is -0.210. The van der Waals surface area contributed by atoms with Crippen LogP contribution in [0.5, 0.6) is 11.5 Å².